The Hall–Kier alpha value is -4.13. The van der Waals surface area contributed by atoms with Gasteiger partial charge < -0.3 is 9.97 Å². The number of hydrogen-bond donors (Lipinski definition) is 4. The van der Waals surface area contributed by atoms with Crippen molar-refractivity contribution in [1.82, 2.24) is 19.9 Å². The van der Waals surface area contributed by atoms with Crippen LogP contribution in [0.2, 0.25) is 20.1 Å². The topological polar surface area (TPSA) is 150 Å². The van der Waals surface area contributed by atoms with E-state index in [1.165, 1.54) is 60.7 Å². The molecule has 216 valence electrons. The third kappa shape index (κ3) is 5.77. The fourth-order valence-electron chi connectivity index (χ4n) is 4.26. The minimum absolute atomic E-state index is 0.0117. The molecule has 0 saturated heterocycles. The molecular formula is C28H16Cl4N6O4S. The minimum atomic E-state index is -3.99. The van der Waals surface area contributed by atoms with Crippen LogP contribution in [0.25, 0.3) is 22.1 Å². The van der Waals surface area contributed by atoms with Gasteiger partial charge in [0.25, 0.3) is 11.8 Å². The number of nitrogens with zero attached hydrogens (tertiary/aromatic N) is 2. The summed E-state index contributed by atoms with van der Waals surface area (Å²) in [5, 5.41) is 6.30. The number of fused-ring (bicyclic) bond motifs is 2. The number of hydrogen-bond acceptors (Lipinski definition) is 6. The van der Waals surface area contributed by atoms with Crippen LogP contribution in [0.1, 0.15) is 20.7 Å². The van der Waals surface area contributed by atoms with E-state index in [-0.39, 0.29) is 42.9 Å². The van der Waals surface area contributed by atoms with E-state index in [0.29, 0.717) is 32.1 Å². The van der Waals surface area contributed by atoms with Crippen LogP contribution in [-0.4, -0.2) is 40.2 Å². The summed E-state index contributed by atoms with van der Waals surface area (Å²) in [6.45, 7) is 0. The molecule has 0 radical (unpaired) electrons. The van der Waals surface area contributed by atoms with Gasteiger partial charge in [-0.05, 0) is 72.8 Å². The second-order valence-corrected chi connectivity index (χ2v) is 12.8. The lowest BCUT2D eigenvalue weighted by molar-refractivity contribution is 0.101. The van der Waals surface area contributed by atoms with Crippen LogP contribution in [0, 0.1) is 0 Å². The quantitative estimate of drug-likeness (QED) is 0.145. The number of sulfone groups is 1. The van der Waals surface area contributed by atoms with E-state index in [9.17, 15) is 18.0 Å². The maximum atomic E-state index is 13.5. The molecule has 4 N–H and O–H groups in total. The van der Waals surface area contributed by atoms with Gasteiger partial charge in [0, 0.05) is 10.0 Å². The van der Waals surface area contributed by atoms with Crippen molar-refractivity contribution in [3.05, 3.63) is 104 Å². The van der Waals surface area contributed by atoms with Gasteiger partial charge in [0.05, 0.1) is 53.0 Å². The molecule has 0 aliphatic carbocycles. The van der Waals surface area contributed by atoms with Crippen molar-refractivity contribution in [3.8, 4) is 0 Å². The Kier molecular flexibility index (Phi) is 7.53. The summed E-state index contributed by atoms with van der Waals surface area (Å²) < 4.78 is 27.1. The van der Waals surface area contributed by atoms with Crippen LogP contribution in [0.5, 0.6) is 0 Å². The molecule has 0 unspecified atom stereocenters. The number of anilines is 2. The Morgan fingerprint density at radius 2 is 1.02 bits per heavy atom. The van der Waals surface area contributed by atoms with Crippen molar-refractivity contribution in [2.24, 2.45) is 0 Å². The van der Waals surface area contributed by atoms with Gasteiger partial charge in [0.15, 0.2) is 0 Å². The number of aromatic nitrogens is 4. The lowest BCUT2D eigenvalue weighted by Gasteiger charge is -2.05. The third-order valence-corrected chi connectivity index (χ3v) is 9.22. The number of rotatable bonds is 6. The molecule has 0 aliphatic rings. The minimum Gasteiger partial charge on any atom is -0.324 e. The van der Waals surface area contributed by atoms with Gasteiger partial charge in [-0.15, -0.1) is 0 Å². The summed E-state index contributed by atoms with van der Waals surface area (Å²) in [7, 11) is -3.99. The normalized spacial score (nSPS) is 11.6. The van der Waals surface area contributed by atoms with Crippen molar-refractivity contribution >= 4 is 102 Å². The zero-order chi connectivity index (χ0) is 30.5. The third-order valence-electron chi connectivity index (χ3n) is 6.34. The highest BCUT2D eigenvalue weighted by atomic mass is 35.5. The maximum absolute atomic E-state index is 13.5. The zero-order valence-electron chi connectivity index (χ0n) is 21.4. The Bertz CT molecular complexity index is 2060. The molecule has 0 aliphatic heterocycles. The fourth-order valence-corrected chi connectivity index (χ4v) is 6.32. The SMILES string of the molecule is O=C(Nc1nc2ccc(S(=O)(=O)c3ccc4nc(NC(=O)c5cc(Cl)ccc5Cl)[nH]c4c3)cc2[nH]1)c1cc(Cl)ccc1Cl. The van der Waals surface area contributed by atoms with Crippen LogP contribution in [0.4, 0.5) is 11.9 Å². The molecule has 6 aromatic rings. The van der Waals surface area contributed by atoms with Gasteiger partial charge in [-0.1, -0.05) is 46.4 Å². The molecule has 2 heterocycles. The molecule has 6 rings (SSSR count). The number of amides is 2. The first kappa shape index (κ1) is 29.0. The Morgan fingerprint density at radius 1 is 0.605 bits per heavy atom. The van der Waals surface area contributed by atoms with Crippen LogP contribution in [0.3, 0.4) is 0 Å². The Labute approximate surface area is 263 Å². The first-order valence-electron chi connectivity index (χ1n) is 12.3. The van der Waals surface area contributed by atoms with Crippen molar-refractivity contribution in [3.63, 3.8) is 0 Å². The largest absolute Gasteiger partial charge is 0.324 e. The van der Waals surface area contributed by atoms with Gasteiger partial charge in [-0.3, -0.25) is 20.2 Å². The number of benzene rings is 4. The molecule has 0 spiro atoms. The predicted octanol–water partition coefficient (Wildman–Crippen LogP) is 7.39. The van der Waals surface area contributed by atoms with Gasteiger partial charge in [0.2, 0.25) is 21.7 Å². The molecule has 15 heteroatoms. The molecular weight excluding hydrogens is 658 g/mol. The molecule has 4 aromatic carbocycles. The number of carbonyl (C=O) groups is 2. The average molecular weight is 674 g/mol. The lowest BCUT2D eigenvalue weighted by atomic mass is 10.2. The molecule has 10 nitrogen and oxygen atoms in total. The molecule has 0 bridgehead atoms. The van der Waals surface area contributed by atoms with Gasteiger partial charge in [-0.25, -0.2) is 18.4 Å². The Morgan fingerprint density at radius 3 is 1.44 bits per heavy atom. The summed E-state index contributed by atoms with van der Waals surface area (Å²) >= 11 is 24.2. The highest BCUT2D eigenvalue weighted by molar-refractivity contribution is 7.91. The number of nitrogens with one attached hydrogen (secondary N) is 4. The summed E-state index contributed by atoms with van der Waals surface area (Å²) in [6.07, 6.45) is 0. The number of halogens is 4. The average Bonchev–Trinajstić information content (AvgIpc) is 3.57. The first-order chi connectivity index (χ1) is 20.5. The summed E-state index contributed by atoms with van der Waals surface area (Å²) in [4.78, 5) is 39.8. The van der Waals surface area contributed by atoms with Gasteiger partial charge in [-0.2, -0.15) is 0 Å². The van der Waals surface area contributed by atoms with E-state index < -0.39 is 21.7 Å². The molecule has 2 amide bonds. The lowest BCUT2D eigenvalue weighted by Crippen LogP contribution is -2.13. The standard InChI is InChI=1S/C28H16Cl4N6O4S/c29-13-1-5-19(31)17(9-13)25(39)37-27-33-21-7-3-15(11-23(21)35-27)43(41,42)16-4-8-22-24(12-16)36-28(34-22)38-26(40)18-10-14(30)2-6-20(18)32/h1-12H,(H2,33,35,37,39)(H2,34,36,38,40). The second kappa shape index (κ2) is 11.2. The predicted molar refractivity (Wildman–Crippen MR) is 166 cm³/mol. The monoisotopic (exact) mass is 672 g/mol. The van der Waals surface area contributed by atoms with Crippen molar-refractivity contribution in [2.45, 2.75) is 9.79 Å². The van der Waals surface area contributed by atoms with Crippen LogP contribution >= 0.6 is 46.4 Å². The molecule has 0 atom stereocenters. The number of carbonyl (C=O) groups excluding carboxylic acids is 2. The van der Waals surface area contributed by atoms with E-state index in [1.54, 1.807) is 12.1 Å². The van der Waals surface area contributed by atoms with Crippen LogP contribution in [-0.2, 0) is 9.84 Å². The van der Waals surface area contributed by atoms with Crippen LogP contribution in [0.15, 0.2) is 82.6 Å². The summed E-state index contributed by atoms with van der Waals surface area (Å²) in [5.41, 5.74) is 1.92. The summed E-state index contributed by atoms with van der Waals surface area (Å²) in [5.74, 6) is -0.895. The molecule has 2 aromatic heterocycles. The second-order valence-electron chi connectivity index (χ2n) is 9.19. The molecule has 0 fully saturated rings. The molecule has 0 saturated carbocycles. The van der Waals surface area contributed by atoms with E-state index in [4.69, 9.17) is 46.4 Å². The Balaban J connectivity index is 1.24. The zero-order valence-corrected chi connectivity index (χ0v) is 25.2. The molecule has 43 heavy (non-hydrogen) atoms. The highest BCUT2D eigenvalue weighted by Crippen LogP contribution is 2.28. The summed E-state index contributed by atoms with van der Waals surface area (Å²) in [6, 6.07) is 17.7. The van der Waals surface area contributed by atoms with E-state index in [1.807, 2.05) is 0 Å². The van der Waals surface area contributed by atoms with Crippen molar-refractivity contribution < 1.29 is 18.0 Å². The van der Waals surface area contributed by atoms with Crippen molar-refractivity contribution in [2.75, 3.05) is 10.6 Å². The van der Waals surface area contributed by atoms with E-state index in [0.717, 1.165) is 0 Å². The number of H-pyrrole nitrogens is 2. The van der Waals surface area contributed by atoms with Gasteiger partial charge in [0.1, 0.15) is 0 Å². The smallest absolute Gasteiger partial charge is 0.259 e. The van der Waals surface area contributed by atoms with Crippen molar-refractivity contribution in [1.29, 1.82) is 0 Å². The highest BCUT2D eigenvalue weighted by Gasteiger charge is 2.21. The van der Waals surface area contributed by atoms with Crippen LogP contribution < -0.4 is 10.6 Å². The number of imidazole rings is 2. The maximum Gasteiger partial charge on any atom is 0.259 e. The van der Waals surface area contributed by atoms with E-state index in [2.05, 4.69) is 30.6 Å². The fraction of sp³-hybridized carbons (Fsp3) is 0. The van der Waals surface area contributed by atoms with E-state index >= 15 is 0 Å². The van der Waals surface area contributed by atoms with Gasteiger partial charge >= 0.3 is 0 Å². The number of aromatic amines is 2. The first-order valence-corrected chi connectivity index (χ1v) is 15.2.